The van der Waals surface area contributed by atoms with Crippen LogP contribution in [0.5, 0.6) is 11.5 Å². The molecule has 2 aliphatic rings. The highest BCUT2D eigenvalue weighted by Crippen LogP contribution is 2.38. The molecule has 0 bridgehead atoms. The molecular formula is C22H27NO7S. The van der Waals surface area contributed by atoms with E-state index in [-0.39, 0.29) is 13.2 Å². The van der Waals surface area contributed by atoms with Gasteiger partial charge in [-0.2, -0.15) is 8.42 Å². The number of benzene rings is 2. The van der Waals surface area contributed by atoms with Crippen LogP contribution < -0.4 is 9.47 Å². The number of rotatable bonds is 6. The Kier molecular flexibility index (Phi) is 5.97. The number of likely N-dealkylation sites (tertiary alicyclic amines) is 1. The Bertz CT molecular complexity index is 1010. The molecule has 2 atom stereocenters. The maximum atomic E-state index is 11.9. The van der Waals surface area contributed by atoms with Gasteiger partial charge in [0, 0.05) is 19.6 Å². The van der Waals surface area contributed by atoms with Crippen molar-refractivity contribution in [3.8, 4) is 11.5 Å². The van der Waals surface area contributed by atoms with Crippen molar-refractivity contribution in [2.75, 3.05) is 32.5 Å². The van der Waals surface area contributed by atoms with Crippen LogP contribution in [0.2, 0.25) is 0 Å². The summed E-state index contributed by atoms with van der Waals surface area (Å²) in [5.41, 5.74) is -0.0553. The third kappa shape index (κ3) is 4.86. The van der Waals surface area contributed by atoms with Gasteiger partial charge < -0.3 is 24.6 Å². The largest absolute Gasteiger partial charge is 0.483 e. The van der Waals surface area contributed by atoms with Gasteiger partial charge in [0.05, 0.1) is 11.9 Å². The Morgan fingerprint density at radius 1 is 1.06 bits per heavy atom. The Balaban J connectivity index is 1.47. The third-order valence-corrected chi connectivity index (χ3v) is 6.37. The standard InChI is InChI=1S/C22H27NO7S/c1-31(26,27)30-22(16-28-18-9-5-6-10-19(18)29-22)20(24)15-23-13-11-21(25,12-14-23)17-7-3-2-4-8-17/h2-10,20,24-25H,11-16H2,1H3. The SMILES string of the molecule is CS(=O)(=O)OC1(C(O)CN2CCC(O)(c3ccccc3)CC2)COc2ccccc2O1. The molecule has 2 aromatic carbocycles. The van der Waals surface area contributed by atoms with Gasteiger partial charge in [-0.3, -0.25) is 0 Å². The van der Waals surface area contributed by atoms with Crippen molar-refractivity contribution in [3.05, 3.63) is 60.2 Å². The number of aliphatic hydroxyl groups is 2. The number of piperidine rings is 1. The van der Waals surface area contributed by atoms with E-state index >= 15 is 0 Å². The fourth-order valence-electron chi connectivity index (χ4n) is 4.09. The Labute approximate surface area is 182 Å². The van der Waals surface area contributed by atoms with Crippen LogP contribution in [0.4, 0.5) is 0 Å². The molecule has 8 nitrogen and oxygen atoms in total. The molecule has 168 valence electrons. The zero-order valence-electron chi connectivity index (χ0n) is 17.3. The van der Waals surface area contributed by atoms with Crippen molar-refractivity contribution in [2.45, 2.75) is 30.3 Å². The van der Waals surface area contributed by atoms with Crippen LogP contribution in [-0.2, 0) is 19.9 Å². The van der Waals surface area contributed by atoms with Gasteiger partial charge in [-0.05, 0) is 30.5 Å². The molecule has 2 heterocycles. The van der Waals surface area contributed by atoms with Gasteiger partial charge in [0.1, 0.15) is 6.10 Å². The first-order chi connectivity index (χ1) is 14.7. The number of fused-ring (bicyclic) bond motifs is 1. The molecular weight excluding hydrogens is 422 g/mol. The molecule has 2 aromatic rings. The maximum Gasteiger partial charge on any atom is 0.287 e. The van der Waals surface area contributed by atoms with Crippen LogP contribution in [0.25, 0.3) is 0 Å². The summed E-state index contributed by atoms with van der Waals surface area (Å²) in [6, 6.07) is 16.3. The van der Waals surface area contributed by atoms with Crippen molar-refractivity contribution in [2.24, 2.45) is 0 Å². The van der Waals surface area contributed by atoms with Crippen LogP contribution in [0, 0.1) is 0 Å². The van der Waals surface area contributed by atoms with Crippen molar-refractivity contribution in [1.82, 2.24) is 4.90 Å². The van der Waals surface area contributed by atoms with E-state index in [2.05, 4.69) is 0 Å². The zero-order valence-corrected chi connectivity index (χ0v) is 18.1. The second-order valence-corrected chi connectivity index (χ2v) is 9.73. The lowest BCUT2D eigenvalue weighted by atomic mass is 9.84. The Morgan fingerprint density at radius 3 is 2.32 bits per heavy atom. The van der Waals surface area contributed by atoms with Gasteiger partial charge in [-0.1, -0.05) is 42.5 Å². The smallest absolute Gasteiger partial charge is 0.287 e. The first kappa shape index (κ1) is 22.0. The van der Waals surface area contributed by atoms with Crippen LogP contribution in [0.1, 0.15) is 18.4 Å². The predicted molar refractivity (Wildman–Crippen MR) is 113 cm³/mol. The number of nitrogens with zero attached hydrogens (tertiary/aromatic N) is 1. The van der Waals surface area contributed by atoms with Gasteiger partial charge in [-0.15, -0.1) is 0 Å². The van der Waals surface area contributed by atoms with Gasteiger partial charge >= 0.3 is 0 Å². The fraction of sp³-hybridized carbons (Fsp3) is 0.455. The molecule has 2 aliphatic heterocycles. The van der Waals surface area contributed by atoms with Crippen LogP contribution in [-0.4, -0.2) is 67.9 Å². The number of β-amino-alcohol motifs (C(OH)–C–C–N with tert-alkyl or cyclic N) is 1. The molecule has 0 aromatic heterocycles. The van der Waals surface area contributed by atoms with Crippen LogP contribution in [0.3, 0.4) is 0 Å². The summed E-state index contributed by atoms with van der Waals surface area (Å²) in [4.78, 5) is 1.96. The molecule has 31 heavy (non-hydrogen) atoms. The molecule has 2 unspecified atom stereocenters. The number of para-hydroxylation sites is 2. The third-order valence-electron chi connectivity index (χ3n) is 5.79. The average Bonchev–Trinajstić information content (AvgIpc) is 2.75. The predicted octanol–water partition coefficient (Wildman–Crippen LogP) is 1.47. The summed E-state index contributed by atoms with van der Waals surface area (Å²) in [6.45, 7) is 0.871. The van der Waals surface area contributed by atoms with Crippen molar-refractivity contribution < 1.29 is 32.3 Å². The van der Waals surface area contributed by atoms with Crippen molar-refractivity contribution >= 4 is 10.1 Å². The lowest BCUT2D eigenvalue weighted by Crippen LogP contribution is -2.60. The van der Waals surface area contributed by atoms with E-state index in [1.807, 2.05) is 35.2 Å². The summed E-state index contributed by atoms with van der Waals surface area (Å²) in [5.74, 6) is -1.14. The number of hydrogen-bond donors (Lipinski definition) is 2. The Morgan fingerprint density at radius 2 is 1.68 bits per heavy atom. The molecule has 1 fully saturated rings. The van der Waals surface area contributed by atoms with E-state index in [1.54, 1.807) is 24.3 Å². The molecule has 9 heteroatoms. The number of ether oxygens (including phenoxy) is 2. The first-order valence-corrected chi connectivity index (χ1v) is 12.0. The van der Waals surface area contributed by atoms with E-state index in [0.29, 0.717) is 37.4 Å². The minimum atomic E-state index is -3.95. The minimum Gasteiger partial charge on any atom is -0.483 e. The topological polar surface area (TPSA) is 106 Å². The molecule has 0 aliphatic carbocycles. The monoisotopic (exact) mass is 449 g/mol. The average molecular weight is 450 g/mol. The molecule has 0 spiro atoms. The molecule has 0 saturated carbocycles. The van der Waals surface area contributed by atoms with E-state index in [1.165, 1.54) is 0 Å². The van der Waals surface area contributed by atoms with E-state index in [9.17, 15) is 18.6 Å². The minimum absolute atomic E-state index is 0.103. The number of aliphatic hydroxyl groups excluding tert-OH is 1. The van der Waals surface area contributed by atoms with Crippen molar-refractivity contribution in [1.29, 1.82) is 0 Å². The highest BCUT2D eigenvalue weighted by Gasteiger charge is 2.50. The van der Waals surface area contributed by atoms with Crippen LogP contribution in [0.15, 0.2) is 54.6 Å². The van der Waals surface area contributed by atoms with E-state index < -0.39 is 27.6 Å². The maximum absolute atomic E-state index is 11.9. The Hall–Kier alpha value is -2.17. The second kappa shape index (κ2) is 8.40. The highest BCUT2D eigenvalue weighted by molar-refractivity contribution is 7.86. The fourth-order valence-corrected chi connectivity index (χ4v) is 4.80. The van der Waals surface area contributed by atoms with Gasteiger partial charge in [0.25, 0.3) is 15.9 Å². The van der Waals surface area contributed by atoms with E-state index in [4.69, 9.17) is 13.7 Å². The summed E-state index contributed by atoms with van der Waals surface area (Å²) < 4.78 is 40.6. The lowest BCUT2D eigenvalue weighted by molar-refractivity contribution is -0.216. The quantitative estimate of drug-likeness (QED) is 0.639. The lowest BCUT2D eigenvalue weighted by Gasteiger charge is -2.43. The molecule has 0 radical (unpaired) electrons. The van der Waals surface area contributed by atoms with Crippen molar-refractivity contribution in [3.63, 3.8) is 0 Å². The second-order valence-electron chi connectivity index (χ2n) is 8.15. The molecule has 4 rings (SSSR count). The van der Waals surface area contributed by atoms with Crippen LogP contribution >= 0.6 is 0 Å². The first-order valence-electron chi connectivity index (χ1n) is 10.2. The number of hydrogen-bond acceptors (Lipinski definition) is 8. The summed E-state index contributed by atoms with van der Waals surface area (Å²) in [5, 5.41) is 22.0. The van der Waals surface area contributed by atoms with E-state index in [0.717, 1.165) is 11.8 Å². The molecule has 1 saturated heterocycles. The summed E-state index contributed by atoms with van der Waals surface area (Å²) in [6.07, 6.45) is 0.582. The van der Waals surface area contributed by atoms with Gasteiger partial charge in [-0.25, -0.2) is 4.18 Å². The highest BCUT2D eigenvalue weighted by atomic mass is 32.2. The zero-order chi connectivity index (χ0) is 22.1. The summed E-state index contributed by atoms with van der Waals surface area (Å²) >= 11 is 0. The van der Waals surface area contributed by atoms with Gasteiger partial charge in [0.15, 0.2) is 18.1 Å². The summed E-state index contributed by atoms with van der Waals surface area (Å²) in [7, 11) is -3.95. The molecule has 2 N–H and O–H groups in total. The molecule has 0 amide bonds. The normalized spacial score (nSPS) is 24.5. The van der Waals surface area contributed by atoms with Gasteiger partial charge in [0.2, 0.25) is 0 Å².